The molecule has 1 rings (SSSR count). The number of carbonyl (C=O) groups is 1. The smallest absolute Gasteiger partial charge is 0.237 e. The fourth-order valence-corrected chi connectivity index (χ4v) is 1.31. The summed E-state index contributed by atoms with van der Waals surface area (Å²) in [6.07, 6.45) is 0. The Hall–Kier alpha value is -2.15. The maximum atomic E-state index is 13.8. The van der Waals surface area contributed by atoms with Gasteiger partial charge in [-0.1, -0.05) is 17.3 Å². The number of primary amides is 1. The van der Waals surface area contributed by atoms with Gasteiger partial charge in [0, 0.05) is 17.7 Å². The first-order chi connectivity index (χ1) is 8.77. The molecule has 0 aliphatic heterocycles. The van der Waals surface area contributed by atoms with E-state index in [1.54, 1.807) is 13.8 Å². The first kappa shape index (κ1) is 14.9. The van der Waals surface area contributed by atoms with Crippen LogP contribution in [0, 0.1) is 5.82 Å². The zero-order valence-corrected chi connectivity index (χ0v) is 10.8. The Balaban J connectivity index is 2.84. The number of carbonyl (C=O) groups excluding carboxylic acids is 1. The van der Waals surface area contributed by atoms with E-state index in [0.29, 0.717) is 5.56 Å². The van der Waals surface area contributed by atoms with E-state index in [1.807, 2.05) is 0 Å². The van der Waals surface area contributed by atoms with Crippen molar-refractivity contribution < 1.29 is 14.4 Å². The molecule has 0 spiro atoms. The third kappa shape index (κ3) is 3.65. The van der Waals surface area contributed by atoms with Gasteiger partial charge in [-0.2, -0.15) is 0 Å². The molecular weight excluding hydrogens is 251 g/mol. The quantitative estimate of drug-likeness (QED) is 0.266. The van der Waals surface area contributed by atoms with Crippen molar-refractivity contribution in [3.8, 4) is 0 Å². The summed E-state index contributed by atoms with van der Waals surface area (Å²) in [6.45, 7) is 3.36. The van der Waals surface area contributed by atoms with Crippen molar-refractivity contribution in [1.82, 2.24) is 5.32 Å². The van der Waals surface area contributed by atoms with Crippen LogP contribution < -0.4 is 16.8 Å². The number of rotatable bonds is 5. The van der Waals surface area contributed by atoms with Crippen LogP contribution in [0.5, 0.6) is 0 Å². The lowest BCUT2D eigenvalue weighted by Gasteiger charge is -2.22. The normalized spacial score (nSPS) is 12.5. The number of amides is 1. The molecule has 6 N–H and O–H groups in total. The van der Waals surface area contributed by atoms with E-state index in [1.165, 1.54) is 12.1 Å². The molecule has 6 nitrogen and oxygen atoms in total. The van der Waals surface area contributed by atoms with Crippen LogP contribution in [0.1, 0.15) is 25.0 Å². The van der Waals surface area contributed by atoms with E-state index in [4.69, 9.17) is 16.7 Å². The molecule has 0 unspecified atom stereocenters. The molecule has 1 aromatic rings. The van der Waals surface area contributed by atoms with Crippen LogP contribution in [0.3, 0.4) is 0 Å². The molecule has 0 heterocycles. The number of hydrogen-bond donors (Lipinski definition) is 4. The summed E-state index contributed by atoms with van der Waals surface area (Å²) in [5, 5.41) is 14.1. The van der Waals surface area contributed by atoms with E-state index < -0.39 is 17.3 Å². The predicted octanol–water partition coefficient (Wildman–Crippen LogP) is 0.274. The Bertz CT molecular complexity index is 514. The largest absolute Gasteiger partial charge is 0.409 e. The molecule has 0 radical (unpaired) electrons. The summed E-state index contributed by atoms with van der Waals surface area (Å²) in [5.41, 5.74) is 10.2. The Morgan fingerprint density at radius 2 is 2.11 bits per heavy atom. The lowest BCUT2D eigenvalue weighted by atomic mass is 10.0. The maximum absolute atomic E-state index is 13.8. The molecule has 0 bridgehead atoms. The number of oxime groups is 1. The molecule has 0 aromatic heterocycles. The SMILES string of the molecule is CC(C)(NCc1ccc(C(N)=NO)cc1F)C(N)=O. The van der Waals surface area contributed by atoms with Crippen molar-refractivity contribution >= 4 is 11.7 Å². The summed E-state index contributed by atoms with van der Waals surface area (Å²) < 4.78 is 13.8. The Morgan fingerprint density at radius 1 is 1.47 bits per heavy atom. The number of nitrogens with two attached hydrogens (primary N) is 2. The Kier molecular flexibility index (Phi) is 4.44. The highest BCUT2D eigenvalue weighted by atomic mass is 19.1. The van der Waals surface area contributed by atoms with Crippen LogP contribution in [0.25, 0.3) is 0 Å². The van der Waals surface area contributed by atoms with Gasteiger partial charge >= 0.3 is 0 Å². The van der Waals surface area contributed by atoms with Gasteiger partial charge in [-0.3, -0.25) is 10.1 Å². The number of amidine groups is 1. The van der Waals surface area contributed by atoms with E-state index >= 15 is 0 Å². The van der Waals surface area contributed by atoms with Crippen molar-refractivity contribution in [3.05, 3.63) is 35.1 Å². The molecule has 0 fully saturated rings. The lowest BCUT2D eigenvalue weighted by Crippen LogP contribution is -2.50. The summed E-state index contributed by atoms with van der Waals surface area (Å²) in [7, 11) is 0. The minimum atomic E-state index is -0.934. The monoisotopic (exact) mass is 268 g/mol. The van der Waals surface area contributed by atoms with Crippen molar-refractivity contribution in [1.29, 1.82) is 0 Å². The zero-order chi connectivity index (χ0) is 14.6. The number of hydrogen-bond acceptors (Lipinski definition) is 4. The van der Waals surface area contributed by atoms with Gasteiger partial charge in [-0.25, -0.2) is 4.39 Å². The average Bonchev–Trinajstić information content (AvgIpc) is 2.36. The van der Waals surface area contributed by atoms with E-state index in [0.717, 1.165) is 6.07 Å². The van der Waals surface area contributed by atoms with Gasteiger partial charge in [0.15, 0.2) is 5.84 Å². The Labute approximate surface area is 110 Å². The molecule has 0 saturated carbocycles. The molecule has 0 aliphatic carbocycles. The highest BCUT2D eigenvalue weighted by Gasteiger charge is 2.24. The second kappa shape index (κ2) is 5.66. The number of halogens is 1. The van der Waals surface area contributed by atoms with Gasteiger partial charge in [0.25, 0.3) is 0 Å². The van der Waals surface area contributed by atoms with Gasteiger partial charge in [-0.05, 0) is 19.9 Å². The van der Waals surface area contributed by atoms with E-state index in [2.05, 4.69) is 10.5 Å². The van der Waals surface area contributed by atoms with Crippen LogP contribution in [-0.4, -0.2) is 22.5 Å². The van der Waals surface area contributed by atoms with Crippen LogP contribution in [0.15, 0.2) is 23.4 Å². The average molecular weight is 268 g/mol. The van der Waals surface area contributed by atoms with Crippen molar-refractivity contribution in [2.45, 2.75) is 25.9 Å². The minimum Gasteiger partial charge on any atom is -0.409 e. The van der Waals surface area contributed by atoms with Crippen LogP contribution >= 0.6 is 0 Å². The fourth-order valence-electron chi connectivity index (χ4n) is 1.31. The molecule has 7 heteroatoms. The van der Waals surface area contributed by atoms with Gasteiger partial charge in [-0.15, -0.1) is 0 Å². The highest BCUT2D eigenvalue weighted by Crippen LogP contribution is 2.12. The summed E-state index contributed by atoms with van der Waals surface area (Å²) in [6, 6.07) is 4.17. The van der Waals surface area contributed by atoms with Gasteiger partial charge in [0.1, 0.15) is 5.82 Å². The van der Waals surface area contributed by atoms with Gasteiger partial charge < -0.3 is 16.7 Å². The maximum Gasteiger partial charge on any atom is 0.237 e. The summed E-state index contributed by atoms with van der Waals surface area (Å²) in [5.74, 6) is -1.21. The lowest BCUT2D eigenvalue weighted by molar-refractivity contribution is -0.123. The first-order valence-electron chi connectivity index (χ1n) is 5.59. The van der Waals surface area contributed by atoms with E-state index in [-0.39, 0.29) is 17.9 Å². The topological polar surface area (TPSA) is 114 Å². The standard InChI is InChI=1S/C12H17FN4O2/c1-12(2,11(15)18)16-6-8-4-3-7(5-9(8)13)10(14)17-19/h3-5,16,19H,6H2,1-2H3,(H2,14,17)(H2,15,18). The fraction of sp³-hybridized carbons (Fsp3) is 0.333. The number of nitrogens with zero attached hydrogens (tertiary/aromatic N) is 1. The molecule has 104 valence electrons. The van der Waals surface area contributed by atoms with Gasteiger partial charge in [0.2, 0.25) is 5.91 Å². The van der Waals surface area contributed by atoms with Crippen LogP contribution in [0.2, 0.25) is 0 Å². The third-order valence-corrected chi connectivity index (χ3v) is 2.79. The highest BCUT2D eigenvalue weighted by molar-refractivity contribution is 5.97. The van der Waals surface area contributed by atoms with Gasteiger partial charge in [0.05, 0.1) is 5.54 Å². The summed E-state index contributed by atoms with van der Waals surface area (Å²) in [4.78, 5) is 11.1. The summed E-state index contributed by atoms with van der Waals surface area (Å²) >= 11 is 0. The van der Waals surface area contributed by atoms with Crippen molar-refractivity contribution in [2.75, 3.05) is 0 Å². The number of benzene rings is 1. The molecule has 1 aromatic carbocycles. The minimum absolute atomic E-state index is 0.137. The van der Waals surface area contributed by atoms with Crippen molar-refractivity contribution in [3.63, 3.8) is 0 Å². The second-order valence-electron chi connectivity index (χ2n) is 4.63. The van der Waals surface area contributed by atoms with E-state index in [9.17, 15) is 9.18 Å². The molecule has 0 atom stereocenters. The molecule has 19 heavy (non-hydrogen) atoms. The third-order valence-electron chi connectivity index (χ3n) is 2.79. The molecular formula is C12H17FN4O2. The first-order valence-corrected chi connectivity index (χ1v) is 5.59. The van der Waals surface area contributed by atoms with Crippen molar-refractivity contribution in [2.24, 2.45) is 16.6 Å². The zero-order valence-electron chi connectivity index (χ0n) is 10.8. The number of nitrogens with one attached hydrogen (secondary N) is 1. The van der Waals surface area contributed by atoms with Crippen LogP contribution in [0.4, 0.5) is 4.39 Å². The molecule has 0 aliphatic rings. The Morgan fingerprint density at radius 3 is 2.58 bits per heavy atom. The second-order valence-corrected chi connectivity index (χ2v) is 4.63. The molecule has 1 amide bonds. The van der Waals surface area contributed by atoms with Crippen LogP contribution in [-0.2, 0) is 11.3 Å². The molecule has 0 saturated heterocycles. The predicted molar refractivity (Wildman–Crippen MR) is 69.0 cm³/mol.